The Hall–Kier alpha value is -1.66. The number of ether oxygens (including phenoxy) is 1. The van der Waals surface area contributed by atoms with Gasteiger partial charge in [-0.05, 0) is 19.9 Å². The molecule has 6 nitrogen and oxygen atoms in total. The summed E-state index contributed by atoms with van der Waals surface area (Å²) in [6.07, 6.45) is 0. The maximum Gasteiger partial charge on any atom is 0.237 e. The number of primary amides is 1. The minimum Gasteiger partial charge on any atom is -0.378 e. The molecule has 1 saturated heterocycles. The third-order valence-corrected chi connectivity index (χ3v) is 3.99. The first-order chi connectivity index (χ1) is 9.41. The molecule has 2 rings (SSSR count). The van der Waals surface area contributed by atoms with Crippen LogP contribution in [0.3, 0.4) is 0 Å². The summed E-state index contributed by atoms with van der Waals surface area (Å²) in [6.45, 7) is 5.40. The topological polar surface area (TPSA) is 77.6 Å². The lowest BCUT2D eigenvalue weighted by Gasteiger charge is -2.32. The number of ketones is 1. The third-order valence-electron chi connectivity index (χ3n) is 3.99. The van der Waals surface area contributed by atoms with Crippen LogP contribution in [0.15, 0.2) is 6.07 Å². The van der Waals surface area contributed by atoms with Crippen LogP contribution in [-0.2, 0) is 16.6 Å². The fourth-order valence-corrected chi connectivity index (χ4v) is 2.50. The fraction of sp³-hybridized carbons (Fsp3) is 0.571. The quantitative estimate of drug-likeness (QED) is 0.788. The Bertz CT molecular complexity index is 536. The molecule has 2 N–H and O–H groups in total. The molecule has 1 aliphatic heterocycles. The Balaban J connectivity index is 2.13. The number of carbonyl (C=O) groups excluding carboxylic acids is 2. The minimum atomic E-state index is -0.516. The molecule has 0 spiro atoms. The highest BCUT2D eigenvalue weighted by Gasteiger charge is 2.29. The van der Waals surface area contributed by atoms with Crippen LogP contribution in [0.4, 0.5) is 0 Å². The average Bonchev–Trinajstić information content (AvgIpc) is 2.67. The molecular formula is C14H21N3O3. The van der Waals surface area contributed by atoms with Crippen LogP contribution in [0, 0.1) is 13.8 Å². The van der Waals surface area contributed by atoms with E-state index >= 15 is 0 Å². The normalized spacial score (nSPS) is 20.1. The van der Waals surface area contributed by atoms with Gasteiger partial charge in [0.2, 0.25) is 5.91 Å². The van der Waals surface area contributed by atoms with Crippen molar-refractivity contribution in [3.05, 3.63) is 23.0 Å². The van der Waals surface area contributed by atoms with Crippen molar-refractivity contribution in [1.82, 2.24) is 9.47 Å². The number of carbonyl (C=O) groups is 2. The largest absolute Gasteiger partial charge is 0.378 e. The van der Waals surface area contributed by atoms with Crippen LogP contribution in [-0.4, -0.2) is 53.5 Å². The maximum atomic E-state index is 12.4. The summed E-state index contributed by atoms with van der Waals surface area (Å²) >= 11 is 0. The number of nitrogens with two attached hydrogens (primary N) is 1. The van der Waals surface area contributed by atoms with Gasteiger partial charge in [-0.25, -0.2) is 0 Å². The molecule has 20 heavy (non-hydrogen) atoms. The average molecular weight is 279 g/mol. The van der Waals surface area contributed by atoms with Gasteiger partial charge in [0.05, 0.1) is 19.8 Å². The van der Waals surface area contributed by atoms with Crippen molar-refractivity contribution >= 4 is 11.7 Å². The molecule has 1 aromatic rings. The molecule has 1 atom stereocenters. The van der Waals surface area contributed by atoms with Crippen LogP contribution < -0.4 is 5.73 Å². The van der Waals surface area contributed by atoms with Crippen molar-refractivity contribution in [3.63, 3.8) is 0 Å². The first-order valence-corrected chi connectivity index (χ1v) is 6.69. The number of aromatic nitrogens is 1. The Morgan fingerprint density at radius 2 is 2.15 bits per heavy atom. The summed E-state index contributed by atoms with van der Waals surface area (Å²) in [5.41, 5.74) is 8.04. The van der Waals surface area contributed by atoms with E-state index in [4.69, 9.17) is 10.5 Å². The van der Waals surface area contributed by atoms with Gasteiger partial charge in [-0.2, -0.15) is 0 Å². The highest BCUT2D eigenvalue weighted by atomic mass is 16.5. The highest BCUT2D eigenvalue weighted by Crippen LogP contribution is 2.16. The SMILES string of the molecule is Cc1cc(C(=O)CN2CCOCC2C(N)=O)c(C)n1C. The first-order valence-electron chi connectivity index (χ1n) is 6.69. The van der Waals surface area contributed by atoms with E-state index in [1.54, 1.807) is 4.90 Å². The summed E-state index contributed by atoms with van der Waals surface area (Å²) in [5, 5.41) is 0. The summed E-state index contributed by atoms with van der Waals surface area (Å²) in [4.78, 5) is 25.6. The monoisotopic (exact) mass is 279 g/mol. The van der Waals surface area contributed by atoms with E-state index in [1.165, 1.54) is 0 Å². The zero-order valence-electron chi connectivity index (χ0n) is 12.2. The molecule has 6 heteroatoms. The Kier molecular flexibility index (Phi) is 4.25. The van der Waals surface area contributed by atoms with Gasteiger partial charge in [0.15, 0.2) is 5.78 Å². The molecule has 1 unspecified atom stereocenters. The first kappa shape index (κ1) is 14.7. The minimum absolute atomic E-state index is 0.0133. The number of aryl methyl sites for hydroxylation is 1. The van der Waals surface area contributed by atoms with E-state index in [1.807, 2.05) is 31.5 Å². The van der Waals surface area contributed by atoms with Crippen molar-refractivity contribution in [1.29, 1.82) is 0 Å². The number of nitrogens with zero attached hydrogens (tertiary/aromatic N) is 2. The van der Waals surface area contributed by atoms with Crippen LogP contribution in [0.2, 0.25) is 0 Å². The molecule has 1 fully saturated rings. The molecule has 1 amide bonds. The van der Waals surface area contributed by atoms with Crippen molar-refractivity contribution in [2.45, 2.75) is 19.9 Å². The van der Waals surface area contributed by atoms with E-state index in [-0.39, 0.29) is 18.9 Å². The summed E-state index contributed by atoms with van der Waals surface area (Å²) in [7, 11) is 1.93. The number of rotatable bonds is 4. The zero-order chi connectivity index (χ0) is 14.9. The highest BCUT2D eigenvalue weighted by molar-refractivity contribution is 5.99. The number of hydrogen-bond donors (Lipinski definition) is 1. The predicted molar refractivity (Wildman–Crippen MR) is 74.6 cm³/mol. The molecule has 0 radical (unpaired) electrons. The maximum absolute atomic E-state index is 12.4. The van der Waals surface area contributed by atoms with Crippen molar-refractivity contribution in [2.24, 2.45) is 12.8 Å². The van der Waals surface area contributed by atoms with Gasteiger partial charge in [0, 0.05) is 30.5 Å². The third kappa shape index (κ3) is 2.76. The van der Waals surface area contributed by atoms with Crippen molar-refractivity contribution in [2.75, 3.05) is 26.3 Å². The Morgan fingerprint density at radius 1 is 1.45 bits per heavy atom. The van der Waals surface area contributed by atoms with Gasteiger partial charge in [-0.15, -0.1) is 0 Å². The van der Waals surface area contributed by atoms with Gasteiger partial charge in [-0.1, -0.05) is 0 Å². The van der Waals surface area contributed by atoms with Gasteiger partial charge in [0.1, 0.15) is 6.04 Å². The zero-order valence-corrected chi connectivity index (χ0v) is 12.2. The summed E-state index contributed by atoms with van der Waals surface area (Å²) < 4.78 is 7.23. The van der Waals surface area contributed by atoms with E-state index < -0.39 is 11.9 Å². The second-order valence-corrected chi connectivity index (χ2v) is 5.23. The van der Waals surface area contributed by atoms with Gasteiger partial charge in [-0.3, -0.25) is 14.5 Å². The lowest BCUT2D eigenvalue weighted by molar-refractivity contribution is -0.128. The Morgan fingerprint density at radius 3 is 2.70 bits per heavy atom. The molecule has 2 heterocycles. The molecule has 0 saturated carbocycles. The van der Waals surface area contributed by atoms with E-state index in [0.717, 1.165) is 11.4 Å². The smallest absolute Gasteiger partial charge is 0.237 e. The molecule has 1 aliphatic rings. The second-order valence-electron chi connectivity index (χ2n) is 5.23. The molecule has 0 aromatic carbocycles. The predicted octanol–water partition coefficient (Wildman–Crippen LogP) is 0.0107. The summed E-state index contributed by atoms with van der Waals surface area (Å²) in [6, 6.07) is 1.37. The van der Waals surface area contributed by atoms with Crippen LogP contribution in [0.25, 0.3) is 0 Å². The number of amides is 1. The Labute approximate surface area is 118 Å². The van der Waals surface area contributed by atoms with E-state index in [2.05, 4.69) is 0 Å². The van der Waals surface area contributed by atoms with Crippen LogP contribution in [0.5, 0.6) is 0 Å². The van der Waals surface area contributed by atoms with Gasteiger partial charge in [0.25, 0.3) is 0 Å². The van der Waals surface area contributed by atoms with E-state index in [9.17, 15) is 9.59 Å². The second kappa shape index (κ2) is 5.76. The van der Waals surface area contributed by atoms with Crippen LogP contribution >= 0.6 is 0 Å². The molecular weight excluding hydrogens is 258 g/mol. The number of morpholine rings is 1. The van der Waals surface area contributed by atoms with E-state index in [0.29, 0.717) is 18.7 Å². The fourth-order valence-electron chi connectivity index (χ4n) is 2.50. The molecule has 0 aliphatic carbocycles. The molecule has 1 aromatic heterocycles. The standard InChI is InChI=1S/C14H21N3O3/c1-9-6-11(10(2)16(9)3)13(18)7-17-4-5-20-8-12(17)14(15)19/h6,12H,4-5,7-8H2,1-3H3,(H2,15,19). The summed E-state index contributed by atoms with van der Waals surface area (Å²) in [5.74, 6) is -0.433. The van der Waals surface area contributed by atoms with Crippen molar-refractivity contribution < 1.29 is 14.3 Å². The van der Waals surface area contributed by atoms with Crippen LogP contribution in [0.1, 0.15) is 21.7 Å². The van der Waals surface area contributed by atoms with Gasteiger partial charge < -0.3 is 15.0 Å². The van der Waals surface area contributed by atoms with Crippen molar-refractivity contribution in [3.8, 4) is 0 Å². The molecule has 0 bridgehead atoms. The number of Topliss-reactive ketones (excluding diaryl/α,β-unsaturated/α-hetero) is 1. The number of hydrogen-bond acceptors (Lipinski definition) is 4. The van der Waals surface area contributed by atoms with Gasteiger partial charge >= 0.3 is 0 Å². The lowest BCUT2D eigenvalue weighted by Crippen LogP contribution is -2.53. The molecule has 110 valence electrons. The lowest BCUT2D eigenvalue weighted by atomic mass is 10.1.